The average Bonchev–Trinajstić information content (AvgIpc) is 2.59. The van der Waals surface area contributed by atoms with Crippen LogP contribution in [0.25, 0.3) is 6.08 Å². The van der Waals surface area contributed by atoms with Gasteiger partial charge < -0.3 is 11.1 Å². The zero-order chi connectivity index (χ0) is 13.5. The van der Waals surface area contributed by atoms with Gasteiger partial charge in [0.2, 0.25) is 9.84 Å². The summed E-state index contributed by atoms with van der Waals surface area (Å²) in [5.74, 6) is 0. The summed E-state index contributed by atoms with van der Waals surface area (Å²) in [4.78, 5) is 0.873. The summed E-state index contributed by atoms with van der Waals surface area (Å²) in [5, 5.41) is 3.31. The third kappa shape index (κ3) is 2.12. The molecule has 5 heteroatoms. The second-order valence-corrected chi connectivity index (χ2v) is 7.10. The molecule has 3 rings (SSSR count). The highest BCUT2D eigenvalue weighted by Gasteiger charge is 2.32. The Morgan fingerprint density at radius 3 is 2.74 bits per heavy atom. The Hall–Kier alpha value is -1.17. The fourth-order valence-electron chi connectivity index (χ4n) is 2.59. The lowest BCUT2D eigenvalue weighted by molar-refractivity contribution is 0.351. The quantitative estimate of drug-likeness (QED) is 0.873. The Bertz CT molecular complexity index is 631. The van der Waals surface area contributed by atoms with E-state index in [-0.39, 0.29) is 6.54 Å². The van der Waals surface area contributed by atoms with Crippen molar-refractivity contribution < 1.29 is 8.42 Å². The zero-order valence-electron chi connectivity index (χ0n) is 10.7. The van der Waals surface area contributed by atoms with Gasteiger partial charge in [-0.1, -0.05) is 24.6 Å². The van der Waals surface area contributed by atoms with Crippen LogP contribution in [-0.4, -0.2) is 21.0 Å². The summed E-state index contributed by atoms with van der Waals surface area (Å²) in [6, 6.07) is 5.96. The Morgan fingerprint density at radius 1 is 1.32 bits per heavy atom. The van der Waals surface area contributed by atoms with Gasteiger partial charge in [-0.05, 0) is 30.0 Å². The molecule has 3 N–H and O–H groups in total. The van der Waals surface area contributed by atoms with Gasteiger partial charge >= 0.3 is 0 Å². The first-order valence-electron chi connectivity index (χ1n) is 6.64. The number of hydrogen-bond acceptors (Lipinski definition) is 4. The first kappa shape index (κ1) is 12.8. The Labute approximate surface area is 113 Å². The van der Waals surface area contributed by atoms with Crippen LogP contribution in [0.15, 0.2) is 28.0 Å². The third-order valence-corrected chi connectivity index (χ3v) is 5.94. The standard InChI is InChI=1S/C14H18N2O2S/c15-8-11-4-1-3-10-7-13(19(17,18)14(10)11)9-16-12-5-2-6-12/h1,3-4,7,12,16H,2,5-6,8-9,15H2. The number of hydrogen-bond donors (Lipinski definition) is 2. The first-order valence-corrected chi connectivity index (χ1v) is 8.12. The number of sulfone groups is 1. The number of rotatable bonds is 4. The van der Waals surface area contributed by atoms with Gasteiger partial charge in [-0.25, -0.2) is 8.42 Å². The average molecular weight is 278 g/mol. The van der Waals surface area contributed by atoms with Crippen molar-refractivity contribution in [2.24, 2.45) is 5.73 Å². The molecule has 4 nitrogen and oxygen atoms in total. The molecule has 0 saturated heterocycles. The second-order valence-electron chi connectivity index (χ2n) is 5.16. The van der Waals surface area contributed by atoms with Crippen molar-refractivity contribution in [1.82, 2.24) is 5.32 Å². The monoisotopic (exact) mass is 278 g/mol. The van der Waals surface area contributed by atoms with Crippen LogP contribution >= 0.6 is 0 Å². The highest BCUT2D eigenvalue weighted by Crippen LogP contribution is 2.35. The molecule has 0 radical (unpaired) electrons. The summed E-state index contributed by atoms with van der Waals surface area (Å²) in [6.45, 7) is 0.672. The van der Waals surface area contributed by atoms with Crippen molar-refractivity contribution in [3.63, 3.8) is 0 Å². The van der Waals surface area contributed by atoms with Crippen LogP contribution in [0.1, 0.15) is 30.4 Å². The SMILES string of the molecule is NCc1cccc2c1S(=O)(=O)C(CNC1CCC1)=C2. The van der Waals surface area contributed by atoms with Crippen LogP contribution in [0.3, 0.4) is 0 Å². The van der Waals surface area contributed by atoms with E-state index in [0.29, 0.717) is 28.0 Å². The van der Waals surface area contributed by atoms with E-state index in [4.69, 9.17) is 5.73 Å². The van der Waals surface area contributed by atoms with Crippen LogP contribution in [-0.2, 0) is 16.4 Å². The minimum Gasteiger partial charge on any atom is -0.326 e. The predicted molar refractivity (Wildman–Crippen MR) is 75.1 cm³/mol. The summed E-state index contributed by atoms with van der Waals surface area (Å²) in [5.41, 5.74) is 7.11. The molecule has 0 atom stereocenters. The second kappa shape index (κ2) is 4.74. The summed E-state index contributed by atoms with van der Waals surface area (Å²) in [6.07, 6.45) is 5.30. The molecule has 1 fully saturated rings. The lowest BCUT2D eigenvalue weighted by atomic mass is 9.93. The Balaban J connectivity index is 1.89. The van der Waals surface area contributed by atoms with Gasteiger partial charge in [0.15, 0.2) is 0 Å². The third-order valence-electron chi connectivity index (χ3n) is 3.95. The lowest BCUT2D eigenvalue weighted by Crippen LogP contribution is -2.36. The molecule has 19 heavy (non-hydrogen) atoms. The molecule has 1 saturated carbocycles. The van der Waals surface area contributed by atoms with Crippen molar-refractivity contribution in [3.8, 4) is 0 Å². The van der Waals surface area contributed by atoms with Gasteiger partial charge in [0.1, 0.15) is 0 Å². The molecule has 1 aromatic carbocycles. The van der Waals surface area contributed by atoms with Gasteiger partial charge in [-0.15, -0.1) is 0 Å². The molecule has 0 amide bonds. The molecule has 2 aliphatic rings. The van der Waals surface area contributed by atoms with E-state index in [1.54, 1.807) is 12.1 Å². The van der Waals surface area contributed by atoms with E-state index in [9.17, 15) is 8.42 Å². The van der Waals surface area contributed by atoms with Crippen LogP contribution in [0.2, 0.25) is 0 Å². The van der Waals surface area contributed by atoms with Gasteiger partial charge in [0.05, 0.1) is 9.80 Å². The Morgan fingerprint density at radius 2 is 2.11 bits per heavy atom. The maximum Gasteiger partial charge on any atom is 0.204 e. The summed E-state index contributed by atoms with van der Waals surface area (Å²) < 4.78 is 25.0. The van der Waals surface area contributed by atoms with Crippen LogP contribution in [0.5, 0.6) is 0 Å². The van der Waals surface area contributed by atoms with Crippen molar-refractivity contribution in [1.29, 1.82) is 0 Å². The van der Waals surface area contributed by atoms with E-state index in [2.05, 4.69) is 5.32 Å². The highest BCUT2D eigenvalue weighted by molar-refractivity contribution is 7.96. The molecule has 0 bridgehead atoms. The smallest absolute Gasteiger partial charge is 0.204 e. The Kier molecular flexibility index (Phi) is 3.20. The summed E-state index contributed by atoms with van der Waals surface area (Å²) in [7, 11) is -3.35. The molecule has 1 heterocycles. The molecule has 1 aromatic rings. The van der Waals surface area contributed by atoms with Crippen molar-refractivity contribution in [3.05, 3.63) is 34.2 Å². The molecule has 1 aliphatic heterocycles. The predicted octanol–water partition coefficient (Wildman–Crippen LogP) is 1.42. The van der Waals surface area contributed by atoms with Crippen molar-refractivity contribution in [2.75, 3.05) is 6.54 Å². The minimum absolute atomic E-state index is 0.250. The maximum absolute atomic E-state index is 12.5. The number of fused-ring (bicyclic) bond motifs is 1. The van der Waals surface area contributed by atoms with E-state index in [1.165, 1.54) is 6.42 Å². The van der Waals surface area contributed by atoms with Gasteiger partial charge in [-0.2, -0.15) is 0 Å². The molecule has 1 aliphatic carbocycles. The van der Waals surface area contributed by atoms with Gasteiger partial charge in [0.25, 0.3) is 0 Å². The zero-order valence-corrected chi connectivity index (χ0v) is 11.5. The van der Waals surface area contributed by atoms with Crippen LogP contribution in [0, 0.1) is 0 Å². The molecule has 0 aromatic heterocycles. The summed E-state index contributed by atoms with van der Waals surface area (Å²) >= 11 is 0. The molecule has 102 valence electrons. The fraction of sp³-hybridized carbons (Fsp3) is 0.429. The molecule has 0 unspecified atom stereocenters. The van der Waals surface area contributed by atoms with E-state index in [0.717, 1.165) is 18.4 Å². The largest absolute Gasteiger partial charge is 0.326 e. The van der Waals surface area contributed by atoms with E-state index >= 15 is 0 Å². The lowest BCUT2D eigenvalue weighted by Gasteiger charge is -2.26. The first-order chi connectivity index (χ1) is 9.13. The topological polar surface area (TPSA) is 72.2 Å². The maximum atomic E-state index is 12.5. The number of nitrogens with one attached hydrogen (secondary N) is 1. The fourth-order valence-corrected chi connectivity index (χ4v) is 4.34. The van der Waals surface area contributed by atoms with Crippen LogP contribution in [0.4, 0.5) is 0 Å². The molecule has 0 spiro atoms. The highest BCUT2D eigenvalue weighted by atomic mass is 32.2. The van der Waals surface area contributed by atoms with Gasteiger partial charge in [0, 0.05) is 19.1 Å². The van der Waals surface area contributed by atoms with Crippen molar-refractivity contribution in [2.45, 2.75) is 36.7 Å². The van der Waals surface area contributed by atoms with E-state index in [1.807, 2.05) is 12.1 Å². The van der Waals surface area contributed by atoms with Crippen molar-refractivity contribution >= 4 is 15.9 Å². The number of nitrogens with two attached hydrogens (primary N) is 1. The van der Waals surface area contributed by atoms with E-state index < -0.39 is 9.84 Å². The number of benzene rings is 1. The molecular weight excluding hydrogens is 260 g/mol. The minimum atomic E-state index is -3.35. The normalized spacial score (nSPS) is 20.8. The molecular formula is C14H18N2O2S. The van der Waals surface area contributed by atoms with Crippen LogP contribution < -0.4 is 11.1 Å². The van der Waals surface area contributed by atoms with Gasteiger partial charge in [-0.3, -0.25) is 0 Å².